The molecule has 0 radical (unpaired) electrons. The van der Waals surface area contributed by atoms with Gasteiger partial charge in [-0.1, -0.05) is 26.7 Å². The first-order chi connectivity index (χ1) is 10.1. The van der Waals surface area contributed by atoms with Gasteiger partial charge in [-0.15, -0.1) is 0 Å². The molecule has 0 aliphatic carbocycles. The molecule has 1 rings (SSSR count). The topological polar surface area (TPSA) is 52.8 Å². The highest BCUT2D eigenvalue weighted by Gasteiger charge is 2.27. The minimum absolute atomic E-state index is 0.278. The van der Waals surface area contributed by atoms with Crippen LogP contribution in [0.4, 0.5) is 0 Å². The Bertz CT molecular complexity index is 290. The van der Waals surface area contributed by atoms with Crippen molar-refractivity contribution in [2.24, 2.45) is 5.73 Å². The van der Waals surface area contributed by atoms with Gasteiger partial charge in [-0.3, -0.25) is 9.69 Å². The lowest BCUT2D eigenvalue weighted by Crippen LogP contribution is -2.57. The molecule has 1 saturated heterocycles. The van der Waals surface area contributed by atoms with Crippen LogP contribution in [0.2, 0.25) is 0 Å². The molecule has 1 amide bonds. The van der Waals surface area contributed by atoms with Crippen LogP contribution in [0.15, 0.2) is 0 Å². The fourth-order valence-electron chi connectivity index (χ4n) is 2.81. The molecule has 5 nitrogen and oxygen atoms in total. The summed E-state index contributed by atoms with van der Waals surface area (Å²) in [5, 5.41) is 0. The van der Waals surface area contributed by atoms with Crippen molar-refractivity contribution < 1.29 is 4.79 Å². The number of amides is 1. The van der Waals surface area contributed by atoms with E-state index >= 15 is 0 Å². The molecule has 124 valence electrons. The Morgan fingerprint density at radius 2 is 1.81 bits per heavy atom. The molecule has 1 atom stereocenters. The molecule has 0 saturated carbocycles. The van der Waals surface area contributed by atoms with Crippen molar-refractivity contribution in [1.29, 1.82) is 0 Å². The molecule has 0 aromatic carbocycles. The van der Waals surface area contributed by atoms with E-state index in [4.69, 9.17) is 5.73 Å². The maximum absolute atomic E-state index is 12.6. The van der Waals surface area contributed by atoms with E-state index in [9.17, 15) is 4.79 Å². The van der Waals surface area contributed by atoms with Gasteiger partial charge < -0.3 is 15.5 Å². The molecule has 21 heavy (non-hydrogen) atoms. The van der Waals surface area contributed by atoms with Crippen molar-refractivity contribution in [3.05, 3.63) is 0 Å². The maximum atomic E-state index is 12.6. The highest BCUT2D eigenvalue weighted by molar-refractivity contribution is 5.78. The van der Waals surface area contributed by atoms with Gasteiger partial charge in [0.15, 0.2) is 0 Å². The number of nitrogens with zero attached hydrogens (tertiary/aromatic N) is 3. The zero-order valence-corrected chi connectivity index (χ0v) is 14.2. The van der Waals surface area contributed by atoms with Crippen LogP contribution < -0.4 is 5.73 Å². The van der Waals surface area contributed by atoms with Crippen LogP contribution in [0.3, 0.4) is 0 Å². The average Bonchev–Trinajstić information content (AvgIpc) is 2.49. The summed E-state index contributed by atoms with van der Waals surface area (Å²) in [5.41, 5.74) is 5.87. The number of nitrogens with two attached hydrogens (primary N) is 1. The summed E-state index contributed by atoms with van der Waals surface area (Å²) in [7, 11) is 2.12. The lowest BCUT2D eigenvalue weighted by Gasteiger charge is -2.40. The molecule has 2 N–H and O–H groups in total. The van der Waals surface area contributed by atoms with Gasteiger partial charge in [0, 0.05) is 45.3 Å². The summed E-state index contributed by atoms with van der Waals surface area (Å²) >= 11 is 0. The molecule has 0 spiro atoms. The first kappa shape index (κ1) is 18.4. The van der Waals surface area contributed by atoms with Gasteiger partial charge >= 0.3 is 0 Å². The van der Waals surface area contributed by atoms with Gasteiger partial charge in [-0.25, -0.2) is 0 Å². The van der Waals surface area contributed by atoms with Crippen LogP contribution in [0, 0.1) is 0 Å². The lowest BCUT2D eigenvalue weighted by atomic mass is 10.1. The van der Waals surface area contributed by atoms with Crippen molar-refractivity contribution >= 4 is 5.91 Å². The number of unbranched alkanes of at least 4 members (excludes halogenated alkanes) is 2. The number of carbonyl (C=O) groups excluding carboxylic acids is 1. The van der Waals surface area contributed by atoms with E-state index in [1.807, 2.05) is 0 Å². The Labute approximate surface area is 130 Å². The molecular weight excluding hydrogens is 264 g/mol. The van der Waals surface area contributed by atoms with Crippen molar-refractivity contribution in [2.75, 3.05) is 52.9 Å². The largest absolute Gasteiger partial charge is 0.342 e. The van der Waals surface area contributed by atoms with Crippen LogP contribution in [0.25, 0.3) is 0 Å². The van der Waals surface area contributed by atoms with Crippen molar-refractivity contribution in [3.8, 4) is 0 Å². The molecule has 1 unspecified atom stereocenters. The first-order valence-corrected chi connectivity index (χ1v) is 8.52. The van der Waals surface area contributed by atoms with E-state index in [0.717, 1.165) is 58.4 Å². The molecule has 0 bridgehead atoms. The van der Waals surface area contributed by atoms with E-state index in [0.29, 0.717) is 19.1 Å². The Kier molecular flexibility index (Phi) is 8.88. The Morgan fingerprint density at radius 1 is 1.19 bits per heavy atom. The van der Waals surface area contributed by atoms with Gasteiger partial charge in [-0.2, -0.15) is 0 Å². The summed E-state index contributed by atoms with van der Waals surface area (Å²) in [6.45, 7) is 10.2. The first-order valence-electron chi connectivity index (χ1n) is 8.52. The van der Waals surface area contributed by atoms with Crippen LogP contribution in [-0.4, -0.2) is 79.5 Å². The molecule has 5 heteroatoms. The van der Waals surface area contributed by atoms with Gasteiger partial charge in [0.25, 0.3) is 0 Å². The summed E-state index contributed by atoms with van der Waals surface area (Å²) in [5.74, 6) is 0.278. The number of rotatable bonds is 9. The molecular formula is C16H34N4O. The summed E-state index contributed by atoms with van der Waals surface area (Å²) in [6.07, 6.45) is 4.46. The second-order valence-electron chi connectivity index (χ2n) is 6.21. The molecule has 0 aromatic rings. The normalized spacial score (nSPS) is 20.7. The van der Waals surface area contributed by atoms with Gasteiger partial charge in [0.05, 0.1) is 6.54 Å². The van der Waals surface area contributed by atoms with E-state index in [-0.39, 0.29) is 5.91 Å². The number of carbonyl (C=O) groups is 1. The zero-order chi connectivity index (χ0) is 15.7. The molecule has 1 heterocycles. The van der Waals surface area contributed by atoms with E-state index in [1.165, 1.54) is 0 Å². The molecule has 1 fully saturated rings. The SMILES string of the molecule is CCCCN(CCCC)C(=O)CN1CCN(C)CC1CN. The van der Waals surface area contributed by atoms with Crippen molar-refractivity contribution in [2.45, 2.75) is 45.6 Å². The van der Waals surface area contributed by atoms with Crippen molar-refractivity contribution in [1.82, 2.24) is 14.7 Å². The predicted octanol–water partition coefficient (Wildman–Crippen LogP) is 0.990. The number of hydrogen-bond acceptors (Lipinski definition) is 4. The van der Waals surface area contributed by atoms with Crippen LogP contribution in [0.1, 0.15) is 39.5 Å². The minimum Gasteiger partial charge on any atom is -0.342 e. The standard InChI is InChI=1S/C16H34N4O/c1-4-6-8-19(9-7-5-2)16(21)14-20-11-10-18(3)13-15(20)12-17/h15H,4-14,17H2,1-3H3. The predicted molar refractivity (Wildman–Crippen MR) is 88.3 cm³/mol. The van der Waals surface area contributed by atoms with E-state index < -0.39 is 0 Å². The van der Waals surface area contributed by atoms with Crippen LogP contribution in [-0.2, 0) is 4.79 Å². The molecule has 1 aliphatic heterocycles. The van der Waals surface area contributed by atoms with Gasteiger partial charge in [0.2, 0.25) is 5.91 Å². The van der Waals surface area contributed by atoms with Crippen molar-refractivity contribution in [3.63, 3.8) is 0 Å². The Hall–Kier alpha value is -0.650. The number of likely N-dealkylation sites (N-methyl/N-ethyl adjacent to an activating group) is 1. The number of piperazine rings is 1. The fourth-order valence-corrected chi connectivity index (χ4v) is 2.81. The van der Waals surface area contributed by atoms with Gasteiger partial charge in [0.1, 0.15) is 0 Å². The maximum Gasteiger partial charge on any atom is 0.236 e. The van der Waals surface area contributed by atoms with Crippen LogP contribution >= 0.6 is 0 Å². The average molecular weight is 298 g/mol. The second-order valence-corrected chi connectivity index (χ2v) is 6.21. The third kappa shape index (κ3) is 6.32. The fraction of sp³-hybridized carbons (Fsp3) is 0.938. The second kappa shape index (κ2) is 10.1. The highest BCUT2D eigenvalue weighted by Crippen LogP contribution is 2.09. The molecule has 0 aromatic heterocycles. The monoisotopic (exact) mass is 298 g/mol. The summed E-state index contributed by atoms with van der Waals surface area (Å²) in [6, 6.07) is 0.312. The summed E-state index contributed by atoms with van der Waals surface area (Å²) < 4.78 is 0. The summed E-state index contributed by atoms with van der Waals surface area (Å²) in [4.78, 5) is 19.2. The lowest BCUT2D eigenvalue weighted by molar-refractivity contribution is -0.133. The zero-order valence-electron chi connectivity index (χ0n) is 14.2. The smallest absolute Gasteiger partial charge is 0.236 e. The quantitative estimate of drug-likeness (QED) is 0.690. The van der Waals surface area contributed by atoms with Gasteiger partial charge in [-0.05, 0) is 19.9 Å². The van der Waals surface area contributed by atoms with Crippen LogP contribution in [0.5, 0.6) is 0 Å². The molecule has 1 aliphatic rings. The third-order valence-corrected chi connectivity index (χ3v) is 4.33. The highest BCUT2D eigenvalue weighted by atomic mass is 16.2. The minimum atomic E-state index is 0.278. The third-order valence-electron chi connectivity index (χ3n) is 4.33. The Balaban J connectivity index is 2.53. The van der Waals surface area contributed by atoms with E-state index in [2.05, 4.69) is 35.6 Å². The van der Waals surface area contributed by atoms with E-state index in [1.54, 1.807) is 0 Å². The number of hydrogen-bond donors (Lipinski definition) is 1. The Morgan fingerprint density at radius 3 is 2.33 bits per heavy atom.